The molecule has 4 rings (SSSR count). The van der Waals surface area contributed by atoms with Gasteiger partial charge in [-0.1, -0.05) is 61.1 Å². The molecule has 1 N–H and O–H groups in total. The summed E-state index contributed by atoms with van der Waals surface area (Å²) in [5.74, 6) is 1.63. The third-order valence-electron chi connectivity index (χ3n) is 5.62. The average molecular weight is 343 g/mol. The molecule has 1 saturated carbocycles. The Bertz CT molecular complexity index is 913. The Kier molecular flexibility index (Phi) is 4.99. The van der Waals surface area contributed by atoms with Gasteiger partial charge in [-0.15, -0.1) is 0 Å². The minimum atomic E-state index is 0.613. The quantitative estimate of drug-likeness (QED) is 0.690. The Balaban J connectivity index is 1.73. The van der Waals surface area contributed by atoms with Crippen LogP contribution in [0.4, 0.5) is 0 Å². The zero-order valence-corrected chi connectivity index (χ0v) is 15.2. The molecule has 131 valence electrons. The van der Waals surface area contributed by atoms with E-state index in [1.807, 2.05) is 12.1 Å². The topological polar surface area (TPSA) is 29.5 Å². The molecule has 26 heavy (non-hydrogen) atoms. The monoisotopic (exact) mass is 343 g/mol. The van der Waals surface area contributed by atoms with E-state index in [-0.39, 0.29) is 0 Å². The number of fused-ring (bicyclic) bond motifs is 1. The van der Waals surface area contributed by atoms with Crippen LogP contribution in [0.2, 0.25) is 0 Å². The lowest BCUT2D eigenvalue weighted by atomic mass is 9.82. The van der Waals surface area contributed by atoms with Gasteiger partial charge >= 0.3 is 7.48 Å². The molecular weight excluding hydrogens is 319 g/mol. The zero-order chi connectivity index (χ0) is 17.9. The van der Waals surface area contributed by atoms with E-state index in [1.165, 1.54) is 54.2 Å². The predicted molar refractivity (Wildman–Crippen MR) is 109 cm³/mol. The number of hydrogen-bond acceptors (Lipinski definition) is 2. The second-order valence-corrected chi connectivity index (χ2v) is 7.24. The van der Waals surface area contributed by atoms with E-state index < -0.39 is 0 Å². The average Bonchev–Trinajstić information content (AvgIpc) is 2.73. The molecule has 0 unspecified atom stereocenters. The van der Waals surface area contributed by atoms with Gasteiger partial charge in [0.05, 0.1) is 7.11 Å². The molecule has 3 heteroatoms. The molecule has 2 nitrogen and oxygen atoms in total. The maximum absolute atomic E-state index is 9.20. The Morgan fingerprint density at radius 1 is 0.846 bits per heavy atom. The van der Waals surface area contributed by atoms with Gasteiger partial charge in [0.15, 0.2) is 0 Å². The Morgan fingerprint density at radius 2 is 1.54 bits per heavy atom. The largest absolute Gasteiger partial charge is 0.496 e. The van der Waals surface area contributed by atoms with Gasteiger partial charge in [-0.25, -0.2) is 0 Å². The van der Waals surface area contributed by atoms with Gasteiger partial charge < -0.3 is 9.76 Å². The number of hydrogen-bond donors (Lipinski definition) is 1. The fraction of sp³-hybridized carbons (Fsp3) is 0.304. The van der Waals surface area contributed by atoms with Crippen LogP contribution < -0.4 is 10.2 Å². The molecule has 0 saturated heterocycles. The molecule has 1 aliphatic rings. The van der Waals surface area contributed by atoms with Crippen molar-refractivity contribution in [1.82, 2.24) is 0 Å². The summed E-state index contributed by atoms with van der Waals surface area (Å²) in [5, 5.41) is 11.5. The lowest BCUT2D eigenvalue weighted by Crippen LogP contribution is -2.12. The second-order valence-electron chi connectivity index (χ2n) is 7.24. The van der Waals surface area contributed by atoms with Gasteiger partial charge in [-0.2, -0.15) is 0 Å². The molecule has 0 aliphatic heterocycles. The Labute approximate surface area is 156 Å². The fourth-order valence-electron chi connectivity index (χ4n) is 4.17. The van der Waals surface area contributed by atoms with Gasteiger partial charge in [0, 0.05) is 0 Å². The van der Waals surface area contributed by atoms with Gasteiger partial charge in [-0.05, 0) is 64.4 Å². The van der Waals surface area contributed by atoms with Crippen molar-refractivity contribution in [1.29, 1.82) is 0 Å². The van der Waals surface area contributed by atoms with Crippen LogP contribution >= 0.6 is 0 Å². The highest BCUT2D eigenvalue weighted by Crippen LogP contribution is 2.39. The number of benzene rings is 3. The van der Waals surface area contributed by atoms with E-state index in [2.05, 4.69) is 42.5 Å². The molecule has 0 aromatic heterocycles. The van der Waals surface area contributed by atoms with Crippen molar-refractivity contribution in [3.63, 3.8) is 0 Å². The van der Waals surface area contributed by atoms with E-state index in [0.29, 0.717) is 5.92 Å². The van der Waals surface area contributed by atoms with Crippen LogP contribution in [0, 0.1) is 0 Å². The minimum absolute atomic E-state index is 0.613. The molecule has 0 bridgehead atoms. The van der Waals surface area contributed by atoms with Crippen LogP contribution in [-0.4, -0.2) is 19.6 Å². The molecule has 1 aliphatic carbocycles. The van der Waals surface area contributed by atoms with Crippen molar-refractivity contribution in [2.24, 2.45) is 0 Å². The molecule has 3 aromatic carbocycles. The maximum Gasteiger partial charge on any atom is 0.326 e. The van der Waals surface area contributed by atoms with Crippen LogP contribution in [0.1, 0.15) is 43.6 Å². The van der Waals surface area contributed by atoms with E-state index in [0.717, 1.165) is 24.1 Å². The van der Waals surface area contributed by atoms with E-state index in [1.54, 1.807) is 7.11 Å². The van der Waals surface area contributed by atoms with Crippen LogP contribution in [0.25, 0.3) is 21.9 Å². The Hall–Kier alpha value is -2.26. The van der Waals surface area contributed by atoms with Crippen LogP contribution in [0.3, 0.4) is 0 Å². The van der Waals surface area contributed by atoms with Gasteiger partial charge in [0.1, 0.15) is 5.75 Å². The first-order valence-corrected chi connectivity index (χ1v) is 9.48. The van der Waals surface area contributed by atoms with Crippen LogP contribution in [-0.2, 0) is 0 Å². The van der Waals surface area contributed by atoms with Crippen molar-refractivity contribution in [2.45, 2.75) is 38.0 Å². The summed E-state index contributed by atoms with van der Waals surface area (Å²) >= 11 is 0. The normalized spacial score (nSPS) is 15.2. The molecule has 0 atom stereocenters. The van der Waals surface area contributed by atoms with E-state index in [9.17, 15) is 5.02 Å². The first kappa shape index (κ1) is 17.2. The highest BCUT2D eigenvalue weighted by molar-refractivity contribution is 6.46. The highest BCUT2D eigenvalue weighted by atomic mass is 16.5. The third kappa shape index (κ3) is 3.36. The summed E-state index contributed by atoms with van der Waals surface area (Å²) in [5.41, 5.74) is 4.65. The van der Waals surface area contributed by atoms with Gasteiger partial charge in [0.25, 0.3) is 0 Å². The van der Waals surface area contributed by atoms with Crippen LogP contribution in [0.15, 0.2) is 54.6 Å². The summed E-state index contributed by atoms with van der Waals surface area (Å²) in [7, 11) is 2.92. The molecule has 0 heterocycles. The highest BCUT2D eigenvalue weighted by Gasteiger charge is 2.19. The van der Waals surface area contributed by atoms with Crippen LogP contribution in [0.5, 0.6) is 5.75 Å². The summed E-state index contributed by atoms with van der Waals surface area (Å²) in [6, 6.07) is 19.1. The minimum Gasteiger partial charge on any atom is -0.496 e. The SMILES string of the molecule is COc1ccc(-c2ccc3cc([B]O)ccc3c2)cc1C1CCCCC1. The van der Waals surface area contributed by atoms with Crippen molar-refractivity contribution in [2.75, 3.05) is 7.11 Å². The fourth-order valence-corrected chi connectivity index (χ4v) is 4.17. The molecule has 1 fully saturated rings. The van der Waals surface area contributed by atoms with E-state index in [4.69, 9.17) is 4.74 Å². The predicted octanol–water partition coefficient (Wildman–Crippen LogP) is 4.80. The van der Waals surface area contributed by atoms with Crippen molar-refractivity contribution in [3.8, 4) is 16.9 Å². The first-order valence-electron chi connectivity index (χ1n) is 9.48. The lowest BCUT2D eigenvalue weighted by Gasteiger charge is -2.24. The molecular formula is C23H24BO2. The van der Waals surface area contributed by atoms with Gasteiger partial charge in [0.2, 0.25) is 0 Å². The Morgan fingerprint density at radius 3 is 2.31 bits per heavy atom. The molecule has 0 spiro atoms. The van der Waals surface area contributed by atoms with E-state index >= 15 is 0 Å². The van der Waals surface area contributed by atoms with Crippen molar-refractivity contribution < 1.29 is 9.76 Å². The zero-order valence-electron chi connectivity index (χ0n) is 15.2. The van der Waals surface area contributed by atoms with Crippen molar-refractivity contribution >= 4 is 23.7 Å². The number of rotatable bonds is 4. The lowest BCUT2D eigenvalue weighted by molar-refractivity contribution is 0.387. The summed E-state index contributed by atoms with van der Waals surface area (Å²) in [6.07, 6.45) is 6.52. The number of methoxy groups -OCH3 is 1. The van der Waals surface area contributed by atoms with Gasteiger partial charge in [-0.3, -0.25) is 0 Å². The standard InChI is InChI=1S/C23H24BO2/c1-26-23-12-10-20(15-22(23)16-5-3-2-4-6-16)17-7-8-19-14-21(24-25)11-9-18(19)13-17/h7-16,25H,2-6H2,1H3. The smallest absolute Gasteiger partial charge is 0.326 e. The maximum atomic E-state index is 9.20. The van der Waals surface area contributed by atoms with Crippen molar-refractivity contribution in [3.05, 3.63) is 60.2 Å². The second kappa shape index (κ2) is 7.55. The third-order valence-corrected chi connectivity index (χ3v) is 5.62. The molecule has 1 radical (unpaired) electrons. The molecule has 0 amide bonds. The number of ether oxygens (including phenoxy) is 1. The summed E-state index contributed by atoms with van der Waals surface area (Å²) < 4.78 is 5.66. The summed E-state index contributed by atoms with van der Waals surface area (Å²) in [6.45, 7) is 0. The first-order chi connectivity index (χ1) is 12.8. The molecule has 3 aromatic rings. The summed E-state index contributed by atoms with van der Waals surface area (Å²) in [4.78, 5) is 0.